The van der Waals surface area contributed by atoms with Gasteiger partial charge in [-0.1, -0.05) is 120 Å². The number of carbonyl (C=O) groups is 1. The fourth-order valence-electron chi connectivity index (χ4n) is 5.37. The number of carbonyl (C=O) groups excluding carboxylic acids is 1. The molecule has 224 valence electrons. The molecule has 2 rings (SSSR count). The van der Waals surface area contributed by atoms with Crippen LogP contribution in [0.1, 0.15) is 121 Å². The summed E-state index contributed by atoms with van der Waals surface area (Å²) in [5.74, 6) is 0.588. The fourth-order valence-corrected chi connectivity index (χ4v) is 5.37. The van der Waals surface area contributed by atoms with Gasteiger partial charge < -0.3 is 14.0 Å². The summed E-state index contributed by atoms with van der Waals surface area (Å²) in [6.07, 6.45) is 19.1. The van der Waals surface area contributed by atoms with E-state index in [9.17, 15) is 4.79 Å². The highest BCUT2D eigenvalue weighted by Crippen LogP contribution is 2.19. The first-order valence-corrected chi connectivity index (χ1v) is 16.2. The third-order valence-corrected chi connectivity index (χ3v) is 7.66. The summed E-state index contributed by atoms with van der Waals surface area (Å²) < 4.78 is 12.4. The number of unbranched alkanes of at least 4 members (excludes halogenated alkanes) is 12. The molecule has 0 spiro atoms. The monoisotopic (exact) mass is 552 g/mol. The summed E-state index contributed by atoms with van der Waals surface area (Å²) in [6, 6.07) is 18.8. The molecule has 0 aromatic heterocycles. The molecule has 0 aliphatic rings. The van der Waals surface area contributed by atoms with Crippen molar-refractivity contribution in [2.24, 2.45) is 0 Å². The summed E-state index contributed by atoms with van der Waals surface area (Å²) in [5, 5.41) is 0. The standard InChI is InChI=1S/C36H58NO3/c1-5-6-7-8-9-10-11-12-13-14-15-17-23-33-26-22-27-35(30-33)39-32(2)40-36(38)28-20-21-29-37(3,4)31-34-24-18-16-19-25-34/h16,18-19,22,24-27,30,32H,5-15,17,20-21,23,28-29,31H2,1-4H3/q+1. The van der Waals surface area contributed by atoms with Crippen molar-refractivity contribution in [1.29, 1.82) is 0 Å². The maximum absolute atomic E-state index is 12.4. The lowest BCUT2D eigenvalue weighted by Gasteiger charge is -2.30. The third-order valence-electron chi connectivity index (χ3n) is 7.66. The van der Waals surface area contributed by atoms with E-state index in [-0.39, 0.29) is 5.97 Å². The van der Waals surface area contributed by atoms with Gasteiger partial charge in [0.25, 0.3) is 0 Å². The minimum atomic E-state index is -0.584. The van der Waals surface area contributed by atoms with E-state index in [1.807, 2.05) is 12.1 Å². The Hall–Kier alpha value is -2.33. The van der Waals surface area contributed by atoms with Gasteiger partial charge in [0.15, 0.2) is 0 Å². The molecule has 0 fully saturated rings. The highest BCUT2D eigenvalue weighted by Gasteiger charge is 2.16. The number of aryl methyl sites for hydroxylation is 1. The topological polar surface area (TPSA) is 35.5 Å². The number of esters is 1. The normalized spacial score (nSPS) is 12.3. The second-order valence-corrected chi connectivity index (χ2v) is 12.2. The average Bonchev–Trinajstić information content (AvgIpc) is 2.92. The van der Waals surface area contributed by atoms with Crippen LogP contribution in [0.3, 0.4) is 0 Å². The number of nitrogens with zero attached hydrogens (tertiary/aromatic N) is 1. The fraction of sp³-hybridized carbons (Fsp3) is 0.639. The van der Waals surface area contributed by atoms with Crippen molar-refractivity contribution in [3.8, 4) is 5.75 Å². The molecule has 4 heteroatoms. The summed E-state index contributed by atoms with van der Waals surface area (Å²) in [4.78, 5) is 12.4. The lowest BCUT2D eigenvalue weighted by molar-refractivity contribution is -0.903. The Labute approximate surface area is 246 Å². The SMILES string of the molecule is CCCCCCCCCCCCCCc1cccc(OC(C)OC(=O)CCCC[N+](C)(C)Cc2ccccc2)c1. The molecule has 1 unspecified atom stereocenters. The molecule has 0 N–H and O–H groups in total. The van der Waals surface area contributed by atoms with Gasteiger partial charge in [-0.25, -0.2) is 0 Å². The van der Waals surface area contributed by atoms with Crippen molar-refractivity contribution in [2.45, 2.75) is 129 Å². The van der Waals surface area contributed by atoms with Gasteiger partial charge in [0.1, 0.15) is 12.3 Å². The van der Waals surface area contributed by atoms with Gasteiger partial charge in [0.05, 0.1) is 20.6 Å². The zero-order valence-electron chi connectivity index (χ0n) is 26.2. The largest absolute Gasteiger partial charge is 0.455 e. The maximum atomic E-state index is 12.4. The van der Waals surface area contributed by atoms with Gasteiger partial charge in [0.2, 0.25) is 6.29 Å². The van der Waals surface area contributed by atoms with Crippen LogP contribution in [0, 0.1) is 0 Å². The molecule has 0 amide bonds. The van der Waals surface area contributed by atoms with Gasteiger partial charge >= 0.3 is 5.97 Å². The van der Waals surface area contributed by atoms with E-state index in [1.54, 1.807) is 6.92 Å². The van der Waals surface area contributed by atoms with E-state index < -0.39 is 6.29 Å². The summed E-state index contributed by atoms with van der Waals surface area (Å²) in [7, 11) is 4.49. The molecule has 0 bridgehead atoms. The molecule has 2 aromatic rings. The van der Waals surface area contributed by atoms with E-state index in [0.29, 0.717) is 6.42 Å². The van der Waals surface area contributed by atoms with Crippen molar-refractivity contribution in [1.82, 2.24) is 0 Å². The molecule has 1 atom stereocenters. The molecular weight excluding hydrogens is 494 g/mol. The molecule has 2 aromatic carbocycles. The van der Waals surface area contributed by atoms with Crippen LogP contribution in [0.25, 0.3) is 0 Å². The molecule has 0 radical (unpaired) electrons. The van der Waals surface area contributed by atoms with Gasteiger partial charge in [-0.2, -0.15) is 0 Å². The van der Waals surface area contributed by atoms with E-state index in [1.165, 1.54) is 88.2 Å². The number of ether oxygens (including phenoxy) is 2. The van der Waals surface area contributed by atoms with E-state index in [2.05, 4.69) is 63.5 Å². The molecule has 40 heavy (non-hydrogen) atoms. The van der Waals surface area contributed by atoms with Crippen LogP contribution in [0.4, 0.5) is 0 Å². The Bertz CT molecular complexity index is 911. The van der Waals surface area contributed by atoms with Crippen molar-refractivity contribution in [2.75, 3.05) is 20.6 Å². The second kappa shape index (κ2) is 20.5. The van der Waals surface area contributed by atoms with Crippen LogP contribution in [0.5, 0.6) is 5.75 Å². The Morgan fingerprint density at radius 3 is 1.98 bits per heavy atom. The Kier molecular flexibility index (Phi) is 17.4. The van der Waals surface area contributed by atoms with Gasteiger partial charge in [-0.05, 0) is 43.4 Å². The smallest absolute Gasteiger partial charge is 0.308 e. The maximum Gasteiger partial charge on any atom is 0.308 e. The van der Waals surface area contributed by atoms with Crippen LogP contribution in [-0.4, -0.2) is 37.4 Å². The van der Waals surface area contributed by atoms with Crippen molar-refractivity contribution in [3.05, 3.63) is 65.7 Å². The van der Waals surface area contributed by atoms with E-state index >= 15 is 0 Å². The van der Waals surface area contributed by atoms with Crippen LogP contribution in [0.15, 0.2) is 54.6 Å². The van der Waals surface area contributed by atoms with Gasteiger partial charge in [-0.3, -0.25) is 4.79 Å². The van der Waals surface area contributed by atoms with Crippen molar-refractivity contribution in [3.63, 3.8) is 0 Å². The molecule has 0 heterocycles. The van der Waals surface area contributed by atoms with Crippen molar-refractivity contribution < 1.29 is 18.8 Å². The highest BCUT2D eigenvalue weighted by molar-refractivity contribution is 5.69. The predicted octanol–water partition coefficient (Wildman–Crippen LogP) is 9.65. The quantitative estimate of drug-likeness (QED) is 0.0596. The molecule has 0 aliphatic carbocycles. The zero-order chi connectivity index (χ0) is 28.9. The summed E-state index contributed by atoms with van der Waals surface area (Å²) in [6.45, 7) is 6.10. The first kappa shape index (κ1) is 33.9. The Morgan fingerprint density at radius 1 is 0.725 bits per heavy atom. The Morgan fingerprint density at radius 2 is 1.32 bits per heavy atom. The number of hydrogen-bond donors (Lipinski definition) is 0. The molecule has 0 saturated heterocycles. The first-order chi connectivity index (χ1) is 19.4. The Balaban J connectivity index is 1.53. The summed E-state index contributed by atoms with van der Waals surface area (Å²) in [5.41, 5.74) is 2.63. The van der Waals surface area contributed by atoms with Crippen LogP contribution in [0.2, 0.25) is 0 Å². The van der Waals surface area contributed by atoms with Crippen LogP contribution < -0.4 is 4.74 Å². The lowest BCUT2D eigenvalue weighted by Crippen LogP contribution is -2.39. The predicted molar refractivity (Wildman–Crippen MR) is 168 cm³/mol. The second-order valence-electron chi connectivity index (χ2n) is 12.2. The van der Waals surface area contributed by atoms with Crippen molar-refractivity contribution >= 4 is 5.97 Å². The molecular formula is C36H58NO3+. The van der Waals surface area contributed by atoms with Crippen LogP contribution >= 0.6 is 0 Å². The first-order valence-electron chi connectivity index (χ1n) is 16.2. The minimum Gasteiger partial charge on any atom is -0.455 e. The van der Waals surface area contributed by atoms with Crippen LogP contribution in [-0.2, 0) is 22.5 Å². The molecule has 4 nitrogen and oxygen atoms in total. The van der Waals surface area contributed by atoms with Gasteiger partial charge in [-0.15, -0.1) is 0 Å². The van der Waals surface area contributed by atoms with E-state index in [4.69, 9.17) is 9.47 Å². The molecule has 0 aliphatic heterocycles. The number of quaternary nitrogens is 1. The number of hydrogen-bond acceptors (Lipinski definition) is 3. The zero-order valence-corrected chi connectivity index (χ0v) is 26.2. The molecule has 0 saturated carbocycles. The third kappa shape index (κ3) is 16.7. The lowest BCUT2D eigenvalue weighted by atomic mass is 10.0. The highest BCUT2D eigenvalue weighted by atomic mass is 16.7. The minimum absolute atomic E-state index is 0.187. The average molecular weight is 553 g/mol. The number of rotatable bonds is 23. The van der Waals surface area contributed by atoms with E-state index in [0.717, 1.165) is 42.6 Å². The summed E-state index contributed by atoms with van der Waals surface area (Å²) >= 11 is 0. The van der Waals surface area contributed by atoms with Gasteiger partial charge in [0, 0.05) is 18.9 Å². The number of benzene rings is 2.